The summed E-state index contributed by atoms with van der Waals surface area (Å²) in [6, 6.07) is 6.12. The third-order valence-corrected chi connectivity index (χ3v) is 3.73. The van der Waals surface area contributed by atoms with Gasteiger partial charge in [0, 0.05) is 38.0 Å². The van der Waals surface area contributed by atoms with Crippen molar-refractivity contribution in [2.24, 2.45) is 7.05 Å². The first kappa shape index (κ1) is 15.1. The second-order valence-electron chi connectivity index (χ2n) is 4.56. The van der Waals surface area contributed by atoms with Gasteiger partial charge in [-0.2, -0.15) is 0 Å². The molecular formula is C15H20BrN3O. The Labute approximate surface area is 128 Å². The lowest BCUT2D eigenvalue weighted by molar-refractivity contribution is 0.311. The summed E-state index contributed by atoms with van der Waals surface area (Å²) in [6.45, 7) is 4.47. The van der Waals surface area contributed by atoms with Crippen LogP contribution < -0.4 is 10.1 Å². The van der Waals surface area contributed by atoms with Gasteiger partial charge in [0.05, 0.1) is 11.1 Å². The lowest BCUT2D eigenvalue weighted by atomic mass is 10.2. The zero-order valence-corrected chi connectivity index (χ0v) is 13.5. The van der Waals surface area contributed by atoms with Crippen LogP contribution in [-0.4, -0.2) is 22.7 Å². The number of hydrogen-bond donors (Lipinski definition) is 1. The molecule has 4 nitrogen and oxygen atoms in total. The number of hydrogen-bond acceptors (Lipinski definition) is 3. The monoisotopic (exact) mass is 337 g/mol. The molecule has 0 atom stereocenters. The summed E-state index contributed by atoms with van der Waals surface area (Å²) in [5.74, 6) is 1.95. The van der Waals surface area contributed by atoms with Crippen LogP contribution in [-0.2, 0) is 20.0 Å². The van der Waals surface area contributed by atoms with Crippen molar-refractivity contribution in [3.05, 3.63) is 46.5 Å². The third kappa shape index (κ3) is 3.84. The topological polar surface area (TPSA) is 39.1 Å². The van der Waals surface area contributed by atoms with Gasteiger partial charge in [0.15, 0.2) is 0 Å². The van der Waals surface area contributed by atoms with Crippen molar-refractivity contribution in [1.82, 2.24) is 14.9 Å². The predicted octanol–water partition coefficient (Wildman–Crippen LogP) is 2.91. The molecule has 2 aromatic rings. The molecule has 0 aliphatic rings. The Morgan fingerprint density at radius 2 is 2.25 bits per heavy atom. The molecule has 1 N–H and O–H groups in total. The number of benzene rings is 1. The van der Waals surface area contributed by atoms with Gasteiger partial charge in [-0.25, -0.2) is 4.98 Å². The molecular weight excluding hydrogens is 318 g/mol. The van der Waals surface area contributed by atoms with Crippen LogP contribution in [0.4, 0.5) is 0 Å². The number of para-hydroxylation sites is 1. The molecule has 108 valence electrons. The summed E-state index contributed by atoms with van der Waals surface area (Å²) in [7, 11) is 2.00. The van der Waals surface area contributed by atoms with E-state index >= 15 is 0 Å². The minimum Gasteiger partial charge on any atom is -0.492 e. The molecule has 0 aliphatic heterocycles. The summed E-state index contributed by atoms with van der Waals surface area (Å²) in [5, 5.41) is 3.33. The molecule has 0 bridgehead atoms. The van der Waals surface area contributed by atoms with Crippen molar-refractivity contribution in [1.29, 1.82) is 0 Å². The van der Waals surface area contributed by atoms with E-state index < -0.39 is 0 Å². The van der Waals surface area contributed by atoms with E-state index in [2.05, 4.69) is 39.2 Å². The molecule has 0 fully saturated rings. The largest absolute Gasteiger partial charge is 0.492 e. The molecule has 1 heterocycles. The minimum absolute atomic E-state index is 0.618. The molecule has 0 aliphatic carbocycles. The minimum atomic E-state index is 0.618. The highest BCUT2D eigenvalue weighted by Crippen LogP contribution is 2.29. The third-order valence-electron chi connectivity index (χ3n) is 3.11. The summed E-state index contributed by atoms with van der Waals surface area (Å²) >= 11 is 3.56. The first-order valence-corrected chi connectivity index (χ1v) is 7.58. The van der Waals surface area contributed by atoms with E-state index in [0.29, 0.717) is 6.61 Å². The smallest absolute Gasteiger partial charge is 0.137 e. The summed E-state index contributed by atoms with van der Waals surface area (Å²) < 4.78 is 8.96. The maximum absolute atomic E-state index is 5.95. The molecule has 0 unspecified atom stereocenters. The van der Waals surface area contributed by atoms with Crippen LogP contribution in [0.15, 0.2) is 35.1 Å². The van der Waals surface area contributed by atoms with Crippen LogP contribution in [0.3, 0.4) is 0 Å². The van der Waals surface area contributed by atoms with Crippen molar-refractivity contribution in [3.63, 3.8) is 0 Å². The molecule has 0 saturated carbocycles. The highest BCUT2D eigenvalue weighted by molar-refractivity contribution is 9.10. The van der Waals surface area contributed by atoms with E-state index in [4.69, 9.17) is 4.74 Å². The number of nitrogens with one attached hydrogen (secondary N) is 1. The maximum atomic E-state index is 5.95. The Morgan fingerprint density at radius 1 is 1.40 bits per heavy atom. The van der Waals surface area contributed by atoms with E-state index in [9.17, 15) is 0 Å². The van der Waals surface area contributed by atoms with Crippen molar-refractivity contribution in [2.45, 2.75) is 19.9 Å². The van der Waals surface area contributed by atoms with Gasteiger partial charge in [-0.1, -0.05) is 19.1 Å². The Hall–Kier alpha value is -1.33. The lowest BCUT2D eigenvalue weighted by Gasteiger charge is -2.13. The van der Waals surface area contributed by atoms with E-state index in [-0.39, 0.29) is 0 Å². The number of aryl methyl sites for hydroxylation is 1. The summed E-state index contributed by atoms with van der Waals surface area (Å²) in [4.78, 5) is 4.30. The zero-order valence-electron chi connectivity index (χ0n) is 11.9. The first-order chi connectivity index (χ1) is 9.72. The van der Waals surface area contributed by atoms with Crippen LogP contribution in [0.5, 0.6) is 5.75 Å². The van der Waals surface area contributed by atoms with Gasteiger partial charge in [0.1, 0.15) is 11.6 Å². The Bertz CT molecular complexity index is 554. The van der Waals surface area contributed by atoms with Crippen molar-refractivity contribution >= 4 is 15.9 Å². The van der Waals surface area contributed by atoms with Gasteiger partial charge in [-0.05, 0) is 28.5 Å². The van der Waals surface area contributed by atoms with Crippen LogP contribution in [0.25, 0.3) is 0 Å². The predicted molar refractivity (Wildman–Crippen MR) is 83.9 cm³/mol. The second kappa shape index (κ2) is 7.45. The van der Waals surface area contributed by atoms with Gasteiger partial charge in [-0.3, -0.25) is 0 Å². The maximum Gasteiger partial charge on any atom is 0.137 e. The van der Waals surface area contributed by atoms with E-state index in [1.807, 2.05) is 36.1 Å². The number of ether oxygens (including phenoxy) is 1. The molecule has 0 amide bonds. The lowest BCUT2D eigenvalue weighted by Crippen LogP contribution is -2.14. The molecule has 0 spiro atoms. The number of rotatable bonds is 7. The van der Waals surface area contributed by atoms with Gasteiger partial charge < -0.3 is 14.6 Å². The Kier molecular flexibility index (Phi) is 5.61. The molecule has 1 aromatic carbocycles. The normalized spacial score (nSPS) is 10.8. The summed E-state index contributed by atoms with van der Waals surface area (Å²) in [6.07, 6.45) is 4.56. The molecule has 20 heavy (non-hydrogen) atoms. The van der Waals surface area contributed by atoms with Crippen molar-refractivity contribution < 1.29 is 4.74 Å². The van der Waals surface area contributed by atoms with Crippen LogP contribution in [0.1, 0.15) is 18.3 Å². The molecule has 5 heteroatoms. The van der Waals surface area contributed by atoms with Crippen molar-refractivity contribution in [3.8, 4) is 5.75 Å². The summed E-state index contributed by atoms with van der Waals surface area (Å²) in [5.41, 5.74) is 1.17. The van der Waals surface area contributed by atoms with E-state index in [1.165, 1.54) is 5.56 Å². The van der Waals surface area contributed by atoms with Crippen LogP contribution >= 0.6 is 15.9 Å². The quantitative estimate of drug-likeness (QED) is 0.844. The molecule has 1 aromatic heterocycles. The zero-order chi connectivity index (χ0) is 14.4. The number of aromatic nitrogens is 2. The number of imidazole rings is 1. The number of nitrogens with zero attached hydrogens (tertiary/aromatic N) is 2. The van der Waals surface area contributed by atoms with Crippen molar-refractivity contribution in [2.75, 3.05) is 13.2 Å². The fourth-order valence-corrected chi connectivity index (χ4v) is 2.52. The second-order valence-corrected chi connectivity index (χ2v) is 5.42. The number of halogens is 1. The fourth-order valence-electron chi connectivity index (χ4n) is 2.00. The van der Waals surface area contributed by atoms with Crippen LogP contribution in [0.2, 0.25) is 0 Å². The highest BCUT2D eigenvalue weighted by Gasteiger charge is 2.08. The Morgan fingerprint density at radius 3 is 2.95 bits per heavy atom. The first-order valence-electron chi connectivity index (χ1n) is 6.79. The van der Waals surface area contributed by atoms with Gasteiger partial charge in [0.25, 0.3) is 0 Å². The average Bonchev–Trinajstić information content (AvgIpc) is 2.84. The molecule has 2 rings (SSSR count). The SMILES string of the molecule is CCNCc1cccc(Br)c1OCCc1nccn1C. The van der Waals surface area contributed by atoms with Gasteiger partial charge in [0.2, 0.25) is 0 Å². The fraction of sp³-hybridized carbons (Fsp3) is 0.400. The van der Waals surface area contributed by atoms with E-state index in [1.54, 1.807) is 0 Å². The standard InChI is InChI=1S/C15H20BrN3O/c1-3-17-11-12-5-4-6-13(16)15(12)20-10-7-14-18-8-9-19(14)2/h4-6,8-9,17H,3,7,10-11H2,1-2H3. The Balaban J connectivity index is 1.99. The molecule has 0 radical (unpaired) electrons. The van der Waals surface area contributed by atoms with Crippen LogP contribution in [0, 0.1) is 0 Å². The van der Waals surface area contributed by atoms with Gasteiger partial charge in [-0.15, -0.1) is 0 Å². The van der Waals surface area contributed by atoms with Gasteiger partial charge >= 0.3 is 0 Å². The highest BCUT2D eigenvalue weighted by atomic mass is 79.9. The van der Waals surface area contributed by atoms with E-state index in [0.717, 1.165) is 35.6 Å². The molecule has 0 saturated heterocycles. The average molecular weight is 338 g/mol.